The van der Waals surface area contributed by atoms with Crippen molar-refractivity contribution in [2.24, 2.45) is 0 Å². The van der Waals surface area contributed by atoms with Crippen molar-refractivity contribution < 1.29 is 5.11 Å². The van der Waals surface area contributed by atoms with Gasteiger partial charge in [0.15, 0.2) is 5.82 Å². The van der Waals surface area contributed by atoms with Crippen LogP contribution in [0.4, 0.5) is 5.82 Å². The summed E-state index contributed by atoms with van der Waals surface area (Å²) < 4.78 is 0. The molecule has 4 nitrogen and oxygen atoms in total. The maximum absolute atomic E-state index is 10.3. The highest BCUT2D eigenvalue weighted by molar-refractivity contribution is 5.91. The first kappa shape index (κ1) is 16.8. The molecule has 0 saturated carbocycles. The molecule has 3 aromatic carbocycles. The molecule has 0 saturated heterocycles. The number of benzene rings is 3. The molecular formula is C24H21N3O. The largest absolute Gasteiger partial charge is 0.507 e. The van der Waals surface area contributed by atoms with Crippen LogP contribution in [0.25, 0.3) is 22.3 Å². The summed E-state index contributed by atoms with van der Waals surface area (Å²) in [7, 11) is 0. The number of phenols is 1. The van der Waals surface area contributed by atoms with Crippen molar-refractivity contribution in [1.82, 2.24) is 9.97 Å². The molecule has 0 fully saturated rings. The van der Waals surface area contributed by atoms with E-state index < -0.39 is 0 Å². The van der Waals surface area contributed by atoms with Gasteiger partial charge in [0.25, 0.3) is 0 Å². The number of aryl methyl sites for hydroxylation is 2. The Bertz CT molecular complexity index is 1190. The zero-order chi connectivity index (χ0) is 19.1. The standard InChI is InChI=1S/C24H21N3O/c1-15-10-12-18-21(14-15)26-24(19-8-4-5-9-22(19)28)27-23(18)25-20-13-11-16-6-2-3-7-17(16)20/h2-10,12,14,20,28H,11,13H2,1H3,(H,25,26,27). The molecule has 0 aliphatic heterocycles. The number of rotatable bonds is 3. The Morgan fingerprint density at radius 1 is 0.964 bits per heavy atom. The number of para-hydroxylation sites is 1. The molecule has 0 amide bonds. The highest BCUT2D eigenvalue weighted by atomic mass is 16.3. The molecule has 28 heavy (non-hydrogen) atoms. The van der Waals surface area contributed by atoms with Gasteiger partial charge in [-0.05, 0) is 60.7 Å². The zero-order valence-corrected chi connectivity index (χ0v) is 15.7. The predicted molar refractivity (Wildman–Crippen MR) is 113 cm³/mol. The monoisotopic (exact) mass is 367 g/mol. The molecule has 1 aromatic heterocycles. The Kier molecular flexibility index (Phi) is 3.97. The third-order valence-electron chi connectivity index (χ3n) is 5.44. The quantitative estimate of drug-likeness (QED) is 0.508. The zero-order valence-electron chi connectivity index (χ0n) is 15.7. The first-order valence-electron chi connectivity index (χ1n) is 9.60. The van der Waals surface area contributed by atoms with Gasteiger partial charge in [-0.3, -0.25) is 0 Å². The minimum atomic E-state index is 0.187. The lowest BCUT2D eigenvalue weighted by atomic mass is 10.1. The van der Waals surface area contributed by atoms with E-state index in [9.17, 15) is 5.11 Å². The number of hydrogen-bond donors (Lipinski definition) is 2. The van der Waals surface area contributed by atoms with Crippen molar-refractivity contribution in [1.29, 1.82) is 0 Å². The second kappa shape index (κ2) is 6.64. The van der Waals surface area contributed by atoms with Crippen molar-refractivity contribution in [2.75, 3.05) is 5.32 Å². The number of nitrogens with zero attached hydrogens (tertiary/aromatic N) is 2. The normalized spacial score (nSPS) is 15.5. The number of hydrogen-bond acceptors (Lipinski definition) is 4. The Morgan fingerprint density at radius 2 is 1.79 bits per heavy atom. The van der Waals surface area contributed by atoms with Gasteiger partial charge in [-0.25, -0.2) is 9.97 Å². The van der Waals surface area contributed by atoms with Gasteiger partial charge in [0.2, 0.25) is 0 Å². The Morgan fingerprint density at radius 3 is 2.68 bits per heavy atom. The lowest BCUT2D eigenvalue weighted by Gasteiger charge is -2.17. The highest BCUT2D eigenvalue weighted by Gasteiger charge is 2.23. The van der Waals surface area contributed by atoms with Crippen LogP contribution in [0.3, 0.4) is 0 Å². The SMILES string of the molecule is Cc1ccc2c(NC3CCc4ccccc43)nc(-c3ccccc3O)nc2c1. The van der Waals surface area contributed by atoms with Crippen LogP contribution in [0, 0.1) is 6.92 Å². The van der Waals surface area contributed by atoms with E-state index >= 15 is 0 Å². The first-order chi connectivity index (χ1) is 13.7. The third kappa shape index (κ3) is 2.87. The van der Waals surface area contributed by atoms with Crippen LogP contribution in [0.5, 0.6) is 5.75 Å². The van der Waals surface area contributed by atoms with Gasteiger partial charge < -0.3 is 10.4 Å². The molecule has 1 aliphatic carbocycles. The summed E-state index contributed by atoms with van der Waals surface area (Å²) in [5.74, 6) is 1.53. The Labute approximate surface area is 163 Å². The van der Waals surface area contributed by atoms with Crippen LogP contribution < -0.4 is 5.32 Å². The molecule has 1 aliphatic rings. The average Bonchev–Trinajstić information content (AvgIpc) is 3.11. The van der Waals surface area contributed by atoms with E-state index in [0.717, 1.165) is 35.1 Å². The highest BCUT2D eigenvalue weighted by Crippen LogP contribution is 2.36. The fourth-order valence-corrected chi connectivity index (χ4v) is 4.00. The minimum Gasteiger partial charge on any atom is -0.507 e. The maximum Gasteiger partial charge on any atom is 0.165 e. The van der Waals surface area contributed by atoms with Crippen molar-refractivity contribution in [3.8, 4) is 17.1 Å². The lowest BCUT2D eigenvalue weighted by Crippen LogP contribution is -2.10. The molecule has 0 spiro atoms. The van der Waals surface area contributed by atoms with Crippen LogP contribution in [0.2, 0.25) is 0 Å². The molecule has 5 rings (SSSR count). The van der Waals surface area contributed by atoms with Gasteiger partial charge in [0.05, 0.1) is 17.1 Å². The van der Waals surface area contributed by atoms with Gasteiger partial charge in [0, 0.05) is 5.39 Å². The third-order valence-corrected chi connectivity index (χ3v) is 5.44. The minimum absolute atomic E-state index is 0.187. The molecule has 1 atom stereocenters. The van der Waals surface area contributed by atoms with Crippen LogP contribution in [-0.4, -0.2) is 15.1 Å². The van der Waals surface area contributed by atoms with Crippen molar-refractivity contribution in [3.63, 3.8) is 0 Å². The van der Waals surface area contributed by atoms with E-state index in [4.69, 9.17) is 9.97 Å². The topological polar surface area (TPSA) is 58.0 Å². The number of aromatic nitrogens is 2. The number of aromatic hydroxyl groups is 1. The van der Waals surface area contributed by atoms with Crippen molar-refractivity contribution in [3.05, 3.63) is 83.4 Å². The average molecular weight is 367 g/mol. The summed E-state index contributed by atoms with van der Waals surface area (Å²) in [6.45, 7) is 2.06. The summed E-state index contributed by atoms with van der Waals surface area (Å²) >= 11 is 0. The van der Waals surface area contributed by atoms with Gasteiger partial charge >= 0.3 is 0 Å². The fourth-order valence-electron chi connectivity index (χ4n) is 4.00. The van der Waals surface area contributed by atoms with E-state index in [-0.39, 0.29) is 11.8 Å². The number of anilines is 1. The number of fused-ring (bicyclic) bond motifs is 2. The Balaban J connectivity index is 1.64. The molecule has 4 heteroatoms. The number of nitrogens with one attached hydrogen (secondary N) is 1. The van der Waals surface area contributed by atoms with Gasteiger partial charge in [-0.2, -0.15) is 0 Å². The van der Waals surface area contributed by atoms with Crippen molar-refractivity contribution >= 4 is 16.7 Å². The molecular weight excluding hydrogens is 346 g/mol. The summed E-state index contributed by atoms with van der Waals surface area (Å²) in [5.41, 5.74) is 5.40. The second-order valence-electron chi connectivity index (χ2n) is 7.37. The van der Waals surface area contributed by atoms with E-state index in [1.165, 1.54) is 11.1 Å². The van der Waals surface area contributed by atoms with Gasteiger partial charge in [0.1, 0.15) is 11.6 Å². The van der Waals surface area contributed by atoms with Gasteiger partial charge in [-0.15, -0.1) is 0 Å². The molecule has 1 heterocycles. The second-order valence-corrected chi connectivity index (χ2v) is 7.37. The summed E-state index contributed by atoms with van der Waals surface area (Å²) in [6, 6.07) is 22.2. The molecule has 2 N–H and O–H groups in total. The first-order valence-corrected chi connectivity index (χ1v) is 9.60. The smallest absolute Gasteiger partial charge is 0.165 e. The Hall–Kier alpha value is -3.40. The van der Waals surface area contributed by atoms with E-state index in [1.807, 2.05) is 12.1 Å². The summed E-state index contributed by atoms with van der Waals surface area (Å²) in [6.07, 6.45) is 2.12. The van der Waals surface area contributed by atoms with Crippen LogP contribution in [0.15, 0.2) is 66.7 Å². The van der Waals surface area contributed by atoms with E-state index in [1.54, 1.807) is 12.1 Å². The van der Waals surface area contributed by atoms with Crippen LogP contribution >= 0.6 is 0 Å². The molecule has 0 bridgehead atoms. The summed E-state index contributed by atoms with van der Waals surface area (Å²) in [4.78, 5) is 9.55. The fraction of sp³-hybridized carbons (Fsp3) is 0.167. The van der Waals surface area contributed by atoms with Crippen LogP contribution in [0.1, 0.15) is 29.2 Å². The summed E-state index contributed by atoms with van der Waals surface area (Å²) in [5, 5.41) is 14.9. The number of phenolic OH excluding ortho intramolecular Hbond substituents is 1. The van der Waals surface area contributed by atoms with E-state index in [0.29, 0.717) is 11.4 Å². The van der Waals surface area contributed by atoms with E-state index in [2.05, 4.69) is 54.7 Å². The van der Waals surface area contributed by atoms with Gasteiger partial charge in [-0.1, -0.05) is 42.5 Å². The van der Waals surface area contributed by atoms with Crippen LogP contribution in [-0.2, 0) is 6.42 Å². The molecule has 0 radical (unpaired) electrons. The molecule has 138 valence electrons. The maximum atomic E-state index is 10.3. The molecule has 4 aromatic rings. The lowest BCUT2D eigenvalue weighted by molar-refractivity contribution is 0.477. The predicted octanol–water partition coefficient (Wildman–Crippen LogP) is 5.41. The van der Waals surface area contributed by atoms with Crippen molar-refractivity contribution in [2.45, 2.75) is 25.8 Å². The molecule has 1 unspecified atom stereocenters.